The standard InChI is InChI=1S/C14H26N4O2/c1-12(2)14-17-7-10-18(14)9-4-13(19)16-6-5-15-8-11-20-3/h7,10,12,15H,4-6,8-9,11H2,1-3H3,(H,16,19). The first-order valence-corrected chi connectivity index (χ1v) is 7.12. The molecular formula is C14H26N4O2. The number of aryl methyl sites for hydroxylation is 1. The molecule has 1 aromatic rings. The fourth-order valence-electron chi connectivity index (χ4n) is 1.91. The molecule has 6 heteroatoms. The molecule has 1 aromatic heterocycles. The monoisotopic (exact) mass is 282 g/mol. The van der Waals surface area contributed by atoms with Gasteiger partial charge in [-0.2, -0.15) is 0 Å². The zero-order chi connectivity index (χ0) is 14.8. The maximum Gasteiger partial charge on any atom is 0.221 e. The number of ether oxygens (including phenoxy) is 1. The molecule has 2 N–H and O–H groups in total. The summed E-state index contributed by atoms with van der Waals surface area (Å²) >= 11 is 0. The van der Waals surface area contributed by atoms with E-state index in [0.29, 0.717) is 32.0 Å². The van der Waals surface area contributed by atoms with Crippen LogP contribution in [0.4, 0.5) is 0 Å². The fraction of sp³-hybridized carbons (Fsp3) is 0.714. The highest BCUT2D eigenvalue weighted by atomic mass is 16.5. The lowest BCUT2D eigenvalue weighted by atomic mass is 10.2. The summed E-state index contributed by atoms with van der Waals surface area (Å²) in [5.41, 5.74) is 0. The number of amides is 1. The second-order valence-corrected chi connectivity index (χ2v) is 4.98. The van der Waals surface area contributed by atoms with E-state index in [1.165, 1.54) is 0 Å². The molecule has 0 saturated heterocycles. The Morgan fingerprint density at radius 1 is 1.40 bits per heavy atom. The van der Waals surface area contributed by atoms with Crippen LogP contribution >= 0.6 is 0 Å². The van der Waals surface area contributed by atoms with Crippen LogP contribution in [0.15, 0.2) is 12.4 Å². The van der Waals surface area contributed by atoms with E-state index in [1.807, 2.05) is 10.8 Å². The maximum atomic E-state index is 11.7. The zero-order valence-corrected chi connectivity index (χ0v) is 12.7. The third-order valence-corrected chi connectivity index (χ3v) is 2.95. The summed E-state index contributed by atoms with van der Waals surface area (Å²) in [6.07, 6.45) is 4.19. The van der Waals surface area contributed by atoms with Gasteiger partial charge < -0.3 is 19.9 Å². The van der Waals surface area contributed by atoms with Crippen LogP contribution in [-0.2, 0) is 16.1 Å². The minimum absolute atomic E-state index is 0.0712. The van der Waals surface area contributed by atoms with Crippen molar-refractivity contribution in [2.24, 2.45) is 0 Å². The summed E-state index contributed by atoms with van der Waals surface area (Å²) in [4.78, 5) is 16.0. The Morgan fingerprint density at radius 2 is 2.20 bits per heavy atom. The first kappa shape index (κ1) is 16.7. The van der Waals surface area contributed by atoms with Crippen LogP contribution in [0.1, 0.15) is 32.0 Å². The number of nitrogens with zero attached hydrogens (tertiary/aromatic N) is 2. The lowest BCUT2D eigenvalue weighted by molar-refractivity contribution is -0.121. The number of methoxy groups -OCH3 is 1. The highest BCUT2D eigenvalue weighted by Crippen LogP contribution is 2.11. The van der Waals surface area contributed by atoms with E-state index in [1.54, 1.807) is 13.3 Å². The third-order valence-electron chi connectivity index (χ3n) is 2.95. The summed E-state index contributed by atoms with van der Waals surface area (Å²) in [5, 5.41) is 6.08. The van der Waals surface area contributed by atoms with Crippen LogP contribution in [0, 0.1) is 0 Å². The summed E-state index contributed by atoms with van der Waals surface area (Å²) in [6, 6.07) is 0. The van der Waals surface area contributed by atoms with Crippen LogP contribution in [0.25, 0.3) is 0 Å². The van der Waals surface area contributed by atoms with Gasteiger partial charge in [0.2, 0.25) is 5.91 Å². The van der Waals surface area contributed by atoms with Gasteiger partial charge in [0.25, 0.3) is 0 Å². The molecule has 1 amide bonds. The first-order chi connectivity index (χ1) is 9.65. The van der Waals surface area contributed by atoms with Crippen molar-refractivity contribution in [1.29, 1.82) is 0 Å². The van der Waals surface area contributed by atoms with Crippen molar-refractivity contribution in [2.75, 3.05) is 33.4 Å². The van der Waals surface area contributed by atoms with Crippen molar-refractivity contribution in [3.05, 3.63) is 18.2 Å². The van der Waals surface area contributed by atoms with Crippen LogP contribution in [0.3, 0.4) is 0 Å². The van der Waals surface area contributed by atoms with Gasteiger partial charge in [0.05, 0.1) is 6.61 Å². The van der Waals surface area contributed by atoms with Gasteiger partial charge in [-0.3, -0.25) is 4.79 Å². The average molecular weight is 282 g/mol. The van der Waals surface area contributed by atoms with E-state index in [-0.39, 0.29) is 5.91 Å². The molecule has 114 valence electrons. The summed E-state index contributed by atoms with van der Waals surface area (Å²) < 4.78 is 6.96. The molecule has 0 radical (unpaired) electrons. The minimum atomic E-state index is 0.0712. The summed E-state index contributed by atoms with van der Waals surface area (Å²) in [7, 11) is 1.67. The molecule has 0 aliphatic heterocycles. The fourth-order valence-corrected chi connectivity index (χ4v) is 1.91. The predicted molar refractivity (Wildman–Crippen MR) is 78.7 cm³/mol. The lowest BCUT2D eigenvalue weighted by Gasteiger charge is -2.10. The van der Waals surface area contributed by atoms with Gasteiger partial charge in [0, 0.05) is 58.0 Å². The van der Waals surface area contributed by atoms with Crippen molar-refractivity contribution >= 4 is 5.91 Å². The van der Waals surface area contributed by atoms with Gasteiger partial charge in [0.1, 0.15) is 5.82 Å². The van der Waals surface area contributed by atoms with Crippen LogP contribution in [0.5, 0.6) is 0 Å². The topological polar surface area (TPSA) is 68.2 Å². The molecule has 0 fully saturated rings. The molecule has 0 bridgehead atoms. The lowest BCUT2D eigenvalue weighted by Crippen LogP contribution is -2.33. The normalized spacial score (nSPS) is 11.0. The molecule has 0 atom stereocenters. The maximum absolute atomic E-state index is 11.7. The van der Waals surface area contributed by atoms with Gasteiger partial charge in [-0.15, -0.1) is 0 Å². The minimum Gasteiger partial charge on any atom is -0.383 e. The Morgan fingerprint density at radius 3 is 2.90 bits per heavy atom. The van der Waals surface area contributed by atoms with Gasteiger partial charge in [0.15, 0.2) is 0 Å². The Kier molecular flexibility index (Phi) is 7.91. The van der Waals surface area contributed by atoms with E-state index in [9.17, 15) is 4.79 Å². The summed E-state index contributed by atoms with van der Waals surface area (Å²) in [6.45, 7) is 7.78. The molecule has 1 heterocycles. The molecule has 0 spiro atoms. The number of carbonyl (C=O) groups excluding carboxylic acids is 1. The molecule has 0 saturated carbocycles. The largest absolute Gasteiger partial charge is 0.383 e. The number of hydrogen-bond donors (Lipinski definition) is 2. The predicted octanol–water partition coefficient (Wildman–Crippen LogP) is 0.749. The molecule has 0 aromatic carbocycles. The highest BCUT2D eigenvalue weighted by molar-refractivity contribution is 5.75. The molecular weight excluding hydrogens is 256 g/mol. The quantitative estimate of drug-likeness (QED) is 0.621. The van der Waals surface area contributed by atoms with Crippen molar-refractivity contribution in [3.8, 4) is 0 Å². The molecule has 1 rings (SSSR count). The number of hydrogen-bond acceptors (Lipinski definition) is 4. The first-order valence-electron chi connectivity index (χ1n) is 7.12. The van der Waals surface area contributed by atoms with E-state index in [4.69, 9.17) is 4.74 Å². The Labute approximate surface area is 120 Å². The molecule has 6 nitrogen and oxygen atoms in total. The second-order valence-electron chi connectivity index (χ2n) is 4.98. The van der Waals surface area contributed by atoms with Crippen molar-refractivity contribution < 1.29 is 9.53 Å². The number of rotatable bonds is 10. The number of aromatic nitrogens is 2. The van der Waals surface area contributed by atoms with E-state index in [2.05, 4.69) is 29.5 Å². The van der Waals surface area contributed by atoms with Crippen molar-refractivity contribution in [1.82, 2.24) is 20.2 Å². The number of carbonyl (C=O) groups is 1. The molecule has 0 unspecified atom stereocenters. The Hall–Kier alpha value is -1.40. The number of imidazole rings is 1. The van der Waals surface area contributed by atoms with E-state index in [0.717, 1.165) is 18.9 Å². The van der Waals surface area contributed by atoms with Crippen LogP contribution < -0.4 is 10.6 Å². The Balaban J connectivity index is 2.15. The van der Waals surface area contributed by atoms with Gasteiger partial charge in [-0.25, -0.2) is 4.98 Å². The molecule has 0 aliphatic rings. The smallest absolute Gasteiger partial charge is 0.221 e. The average Bonchev–Trinajstić information content (AvgIpc) is 2.89. The third kappa shape index (κ3) is 6.16. The van der Waals surface area contributed by atoms with Crippen molar-refractivity contribution in [3.63, 3.8) is 0 Å². The SMILES string of the molecule is COCCNCCNC(=O)CCn1ccnc1C(C)C. The van der Waals surface area contributed by atoms with E-state index >= 15 is 0 Å². The van der Waals surface area contributed by atoms with Crippen LogP contribution in [-0.4, -0.2) is 48.8 Å². The number of nitrogens with one attached hydrogen (secondary N) is 2. The highest BCUT2D eigenvalue weighted by Gasteiger charge is 2.08. The Bertz CT molecular complexity index is 390. The van der Waals surface area contributed by atoms with E-state index < -0.39 is 0 Å². The van der Waals surface area contributed by atoms with Crippen LogP contribution in [0.2, 0.25) is 0 Å². The molecule has 20 heavy (non-hydrogen) atoms. The molecule has 0 aliphatic carbocycles. The van der Waals surface area contributed by atoms with Gasteiger partial charge >= 0.3 is 0 Å². The summed E-state index contributed by atoms with van der Waals surface area (Å²) in [5.74, 6) is 1.47. The van der Waals surface area contributed by atoms with Crippen molar-refractivity contribution in [2.45, 2.75) is 32.7 Å². The zero-order valence-electron chi connectivity index (χ0n) is 12.7. The van der Waals surface area contributed by atoms with Gasteiger partial charge in [-0.1, -0.05) is 13.8 Å². The second kappa shape index (κ2) is 9.50. The van der Waals surface area contributed by atoms with Gasteiger partial charge in [-0.05, 0) is 0 Å².